The molecule has 0 aliphatic rings. The van der Waals surface area contributed by atoms with Gasteiger partial charge in [-0.05, 0) is 67.1 Å². The van der Waals surface area contributed by atoms with E-state index >= 15 is 0 Å². The molecule has 0 amide bonds. The van der Waals surface area contributed by atoms with Gasteiger partial charge in [-0.15, -0.1) is 0 Å². The second-order valence-corrected chi connectivity index (χ2v) is 8.27. The number of fused-ring (bicyclic) bond motifs is 1. The summed E-state index contributed by atoms with van der Waals surface area (Å²) in [5.41, 5.74) is 3.61. The molecule has 142 valence electrons. The highest BCUT2D eigenvalue weighted by Gasteiger charge is 2.15. The number of halogens is 1. The minimum absolute atomic E-state index is 0.0413. The monoisotopic (exact) mass is 415 g/mol. The number of nitrogens with zero attached hydrogens (tertiary/aromatic N) is 1. The molecule has 0 saturated carbocycles. The second kappa shape index (κ2) is 8.64. The first kappa shape index (κ1) is 19.4. The van der Waals surface area contributed by atoms with Gasteiger partial charge in [0.15, 0.2) is 5.78 Å². The van der Waals surface area contributed by atoms with E-state index in [0.717, 1.165) is 21.4 Å². The number of benzene rings is 3. The molecule has 0 N–H and O–H groups in total. The van der Waals surface area contributed by atoms with Crippen molar-refractivity contribution < 1.29 is 4.79 Å². The molecule has 0 aliphatic heterocycles. The number of carbonyl (C=O) groups is 1. The largest absolute Gasteiger partial charge is 0.288 e. The van der Waals surface area contributed by atoms with Gasteiger partial charge in [0, 0.05) is 27.1 Å². The minimum Gasteiger partial charge on any atom is -0.288 e. The summed E-state index contributed by atoms with van der Waals surface area (Å²) >= 11 is 7.44. The molecule has 0 saturated heterocycles. The first-order valence-corrected chi connectivity index (χ1v) is 10.4. The van der Waals surface area contributed by atoms with Crippen LogP contribution in [0.5, 0.6) is 0 Å². The molecule has 0 spiro atoms. The number of para-hydroxylation sites is 1. The minimum atomic E-state index is -0.0413. The van der Waals surface area contributed by atoms with Crippen molar-refractivity contribution in [3.8, 4) is 0 Å². The summed E-state index contributed by atoms with van der Waals surface area (Å²) in [4.78, 5) is 19.4. The Morgan fingerprint density at radius 2 is 1.69 bits per heavy atom. The Kier molecular flexibility index (Phi) is 5.79. The first-order chi connectivity index (χ1) is 14.1. The number of hydrogen-bond donors (Lipinski definition) is 0. The Labute approximate surface area is 179 Å². The van der Waals surface area contributed by atoms with Crippen molar-refractivity contribution in [2.45, 2.75) is 11.8 Å². The van der Waals surface area contributed by atoms with Gasteiger partial charge in [0.1, 0.15) is 0 Å². The summed E-state index contributed by atoms with van der Waals surface area (Å²) in [6.45, 7) is 2.05. The van der Waals surface area contributed by atoms with E-state index < -0.39 is 0 Å². The Morgan fingerprint density at radius 1 is 0.966 bits per heavy atom. The normalized spacial score (nSPS) is 11.6. The third kappa shape index (κ3) is 4.76. The van der Waals surface area contributed by atoms with E-state index in [1.807, 2.05) is 67.6 Å². The summed E-state index contributed by atoms with van der Waals surface area (Å²) in [6, 6.07) is 25.1. The second-order valence-electron chi connectivity index (χ2n) is 6.72. The van der Waals surface area contributed by atoms with Gasteiger partial charge in [0.2, 0.25) is 0 Å². The van der Waals surface area contributed by atoms with Crippen molar-refractivity contribution in [1.82, 2.24) is 4.98 Å². The van der Waals surface area contributed by atoms with Gasteiger partial charge in [-0.3, -0.25) is 9.78 Å². The van der Waals surface area contributed by atoms with E-state index in [1.165, 1.54) is 17.3 Å². The van der Waals surface area contributed by atoms with Crippen LogP contribution >= 0.6 is 23.4 Å². The topological polar surface area (TPSA) is 30.0 Å². The van der Waals surface area contributed by atoms with Crippen LogP contribution in [0.25, 0.3) is 17.0 Å². The smallest absolute Gasteiger partial charge is 0.199 e. The standard InChI is InChI=1S/C25H18ClNOS/c1-17-6-12-22(13-7-17)29-24(25(28)19-8-10-21(26)11-9-19)15-18-14-20-4-2-3-5-23(20)27-16-18/h2-16H,1H3/b24-15+. The van der Waals surface area contributed by atoms with Crippen LogP contribution in [0.1, 0.15) is 21.5 Å². The van der Waals surface area contributed by atoms with E-state index in [1.54, 1.807) is 30.5 Å². The highest BCUT2D eigenvalue weighted by molar-refractivity contribution is 8.04. The van der Waals surface area contributed by atoms with Gasteiger partial charge in [-0.25, -0.2) is 0 Å². The lowest BCUT2D eigenvalue weighted by atomic mass is 10.1. The Hall–Kier alpha value is -2.88. The molecule has 4 aromatic rings. The number of Topliss-reactive ketones (excluding diaryl/α,β-unsaturated/α-hetero) is 1. The molecule has 3 aromatic carbocycles. The van der Waals surface area contributed by atoms with E-state index in [9.17, 15) is 4.79 Å². The average Bonchev–Trinajstić information content (AvgIpc) is 2.75. The third-order valence-electron chi connectivity index (χ3n) is 4.49. The van der Waals surface area contributed by atoms with Crippen molar-refractivity contribution >= 4 is 46.1 Å². The Balaban J connectivity index is 1.74. The van der Waals surface area contributed by atoms with Crippen LogP contribution < -0.4 is 0 Å². The summed E-state index contributed by atoms with van der Waals surface area (Å²) < 4.78 is 0. The molecular formula is C25H18ClNOS. The molecular weight excluding hydrogens is 398 g/mol. The van der Waals surface area contributed by atoms with E-state index in [2.05, 4.69) is 4.98 Å². The maximum Gasteiger partial charge on any atom is 0.199 e. The molecule has 0 atom stereocenters. The summed E-state index contributed by atoms with van der Waals surface area (Å²) in [5, 5.41) is 1.65. The zero-order valence-electron chi connectivity index (χ0n) is 15.8. The van der Waals surface area contributed by atoms with Gasteiger partial charge >= 0.3 is 0 Å². The number of aryl methyl sites for hydroxylation is 1. The molecule has 0 fully saturated rings. The highest BCUT2D eigenvalue weighted by atomic mass is 35.5. The van der Waals surface area contributed by atoms with Crippen LogP contribution in [0.3, 0.4) is 0 Å². The number of carbonyl (C=O) groups excluding carboxylic acids is 1. The number of thioether (sulfide) groups is 1. The molecule has 0 aliphatic carbocycles. The van der Waals surface area contributed by atoms with Crippen molar-refractivity contribution in [3.05, 3.63) is 112 Å². The number of hydrogen-bond acceptors (Lipinski definition) is 3. The van der Waals surface area contributed by atoms with Crippen molar-refractivity contribution in [2.75, 3.05) is 0 Å². The number of pyridine rings is 1. The van der Waals surface area contributed by atoms with E-state index in [4.69, 9.17) is 11.6 Å². The van der Waals surface area contributed by atoms with E-state index in [0.29, 0.717) is 15.5 Å². The number of rotatable bonds is 5. The lowest BCUT2D eigenvalue weighted by Gasteiger charge is -2.08. The summed E-state index contributed by atoms with van der Waals surface area (Å²) in [7, 11) is 0. The number of aromatic nitrogens is 1. The molecule has 0 unspecified atom stereocenters. The predicted octanol–water partition coefficient (Wildman–Crippen LogP) is 7.21. The van der Waals surface area contributed by atoms with Crippen LogP contribution in [0.2, 0.25) is 5.02 Å². The van der Waals surface area contributed by atoms with Crippen LogP contribution in [0, 0.1) is 6.92 Å². The first-order valence-electron chi connectivity index (χ1n) is 9.20. The maximum atomic E-state index is 13.2. The molecule has 0 radical (unpaired) electrons. The lowest BCUT2D eigenvalue weighted by Crippen LogP contribution is -2.01. The van der Waals surface area contributed by atoms with Gasteiger partial charge in [0.25, 0.3) is 0 Å². The molecule has 0 bridgehead atoms. The van der Waals surface area contributed by atoms with Crippen molar-refractivity contribution in [3.63, 3.8) is 0 Å². The average molecular weight is 416 g/mol. The van der Waals surface area contributed by atoms with Crippen molar-refractivity contribution in [1.29, 1.82) is 0 Å². The predicted molar refractivity (Wildman–Crippen MR) is 123 cm³/mol. The third-order valence-corrected chi connectivity index (χ3v) is 5.77. The Bertz CT molecular complexity index is 1200. The maximum absolute atomic E-state index is 13.2. The van der Waals surface area contributed by atoms with Gasteiger partial charge in [-0.2, -0.15) is 0 Å². The van der Waals surface area contributed by atoms with Crippen LogP contribution in [-0.4, -0.2) is 10.8 Å². The zero-order chi connectivity index (χ0) is 20.2. The lowest BCUT2D eigenvalue weighted by molar-refractivity contribution is 0.104. The molecule has 29 heavy (non-hydrogen) atoms. The SMILES string of the molecule is Cc1ccc(S/C(=C/c2cnc3ccccc3c2)C(=O)c2ccc(Cl)cc2)cc1. The number of allylic oxidation sites excluding steroid dienone is 1. The molecule has 1 heterocycles. The fourth-order valence-electron chi connectivity index (χ4n) is 2.94. The van der Waals surface area contributed by atoms with E-state index in [-0.39, 0.29) is 5.78 Å². The van der Waals surface area contributed by atoms with Gasteiger partial charge in [-0.1, -0.05) is 59.3 Å². The fraction of sp³-hybridized carbons (Fsp3) is 0.0400. The fourth-order valence-corrected chi connectivity index (χ4v) is 3.99. The molecule has 4 heteroatoms. The highest BCUT2D eigenvalue weighted by Crippen LogP contribution is 2.32. The zero-order valence-corrected chi connectivity index (χ0v) is 17.4. The van der Waals surface area contributed by atoms with Gasteiger partial charge in [0.05, 0.1) is 10.4 Å². The van der Waals surface area contributed by atoms with Crippen LogP contribution in [0.4, 0.5) is 0 Å². The molecule has 4 rings (SSSR count). The van der Waals surface area contributed by atoms with Crippen LogP contribution in [0.15, 0.2) is 94.9 Å². The summed E-state index contributed by atoms with van der Waals surface area (Å²) in [6.07, 6.45) is 3.70. The summed E-state index contributed by atoms with van der Waals surface area (Å²) in [5.74, 6) is -0.0413. The Morgan fingerprint density at radius 3 is 2.45 bits per heavy atom. The number of ketones is 1. The quantitative estimate of drug-likeness (QED) is 0.196. The van der Waals surface area contributed by atoms with Crippen LogP contribution in [-0.2, 0) is 0 Å². The molecule has 1 aromatic heterocycles. The van der Waals surface area contributed by atoms with Crippen molar-refractivity contribution in [2.24, 2.45) is 0 Å². The molecule has 2 nitrogen and oxygen atoms in total. The van der Waals surface area contributed by atoms with Gasteiger partial charge < -0.3 is 0 Å².